The molecule has 108 valence electrons. The average molecular weight is 272 g/mol. The molecule has 2 nitrogen and oxygen atoms in total. The van der Waals surface area contributed by atoms with Gasteiger partial charge in [0.05, 0.1) is 6.10 Å². The molecular weight excluding hydrogens is 248 g/mol. The number of rotatable bonds is 0. The molecule has 0 aromatic carbocycles. The molecule has 20 heavy (non-hydrogen) atoms. The summed E-state index contributed by atoms with van der Waals surface area (Å²) in [6.45, 7) is 2.22. The smallest absolute Gasteiger partial charge is 0.139 e. The van der Waals surface area contributed by atoms with Crippen LogP contribution in [-0.4, -0.2) is 17.0 Å². The van der Waals surface area contributed by atoms with E-state index in [4.69, 9.17) is 0 Å². The fraction of sp³-hybridized carbons (Fsp3) is 0.722. The second-order valence-electron chi connectivity index (χ2n) is 7.54. The summed E-state index contributed by atoms with van der Waals surface area (Å²) in [5, 5.41) is 9.82. The molecule has 1 N–H and O–H groups in total. The van der Waals surface area contributed by atoms with Crippen LogP contribution >= 0.6 is 0 Å². The predicted molar refractivity (Wildman–Crippen MR) is 78.0 cm³/mol. The standard InChI is InChI=1S/C18H24O2/c1-18-9-8-14-13-5-3-12(19)10-11(13)2-4-15(14)16(18)6-7-17(18)20/h2,4,10,12-16,19H,3,5-9H2,1H3/t12?,13?,14?,15?,16?,18-/m0/s1. The van der Waals surface area contributed by atoms with Crippen LogP contribution in [0, 0.1) is 29.1 Å². The second kappa shape index (κ2) is 4.30. The Morgan fingerprint density at radius 3 is 2.95 bits per heavy atom. The summed E-state index contributed by atoms with van der Waals surface area (Å²) in [5.41, 5.74) is 1.32. The lowest BCUT2D eigenvalue weighted by molar-refractivity contribution is -0.129. The first-order valence-electron chi connectivity index (χ1n) is 8.21. The minimum atomic E-state index is -0.246. The van der Waals surface area contributed by atoms with Crippen LogP contribution in [0.2, 0.25) is 0 Å². The van der Waals surface area contributed by atoms with Crippen LogP contribution in [0.15, 0.2) is 23.8 Å². The monoisotopic (exact) mass is 272 g/mol. The summed E-state index contributed by atoms with van der Waals surface area (Å²) >= 11 is 0. The SMILES string of the molecule is C[C@]12CCC3C4CCC(O)C=C4C=CC3C1CCC2=O. The number of hydrogen-bond acceptors (Lipinski definition) is 2. The van der Waals surface area contributed by atoms with E-state index < -0.39 is 0 Å². The van der Waals surface area contributed by atoms with Crippen LogP contribution < -0.4 is 0 Å². The number of Topliss-reactive ketones (excluding diaryl/α,β-unsaturated/α-hetero) is 1. The van der Waals surface area contributed by atoms with Gasteiger partial charge in [-0.25, -0.2) is 0 Å². The van der Waals surface area contributed by atoms with Crippen molar-refractivity contribution in [3.8, 4) is 0 Å². The van der Waals surface area contributed by atoms with Crippen LogP contribution in [0.25, 0.3) is 0 Å². The maximum atomic E-state index is 12.3. The molecule has 0 aromatic heterocycles. The van der Waals surface area contributed by atoms with Crippen molar-refractivity contribution in [1.29, 1.82) is 0 Å². The molecule has 2 saturated carbocycles. The van der Waals surface area contributed by atoms with Crippen LogP contribution in [0.5, 0.6) is 0 Å². The van der Waals surface area contributed by atoms with Gasteiger partial charge in [0.2, 0.25) is 0 Å². The molecule has 6 atom stereocenters. The number of aliphatic hydroxyl groups is 1. The number of carbonyl (C=O) groups excluding carboxylic acids is 1. The number of hydrogen-bond donors (Lipinski definition) is 1. The van der Waals surface area contributed by atoms with E-state index in [0.29, 0.717) is 29.5 Å². The topological polar surface area (TPSA) is 37.3 Å². The molecule has 0 heterocycles. The fourth-order valence-corrected chi connectivity index (χ4v) is 5.55. The Morgan fingerprint density at radius 1 is 1.25 bits per heavy atom. The minimum absolute atomic E-state index is 0.0408. The number of ketones is 1. The molecule has 4 aliphatic carbocycles. The van der Waals surface area contributed by atoms with E-state index in [-0.39, 0.29) is 11.5 Å². The van der Waals surface area contributed by atoms with Crippen molar-refractivity contribution >= 4 is 5.78 Å². The van der Waals surface area contributed by atoms with Crippen molar-refractivity contribution in [3.05, 3.63) is 23.8 Å². The summed E-state index contributed by atoms with van der Waals surface area (Å²) in [7, 11) is 0. The lowest BCUT2D eigenvalue weighted by Gasteiger charge is -2.50. The quantitative estimate of drug-likeness (QED) is 0.735. The van der Waals surface area contributed by atoms with Gasteiger partial charge in [0.25, 0.3) is 0 Å². The Morgan fingerprint density at radius 2 is 2.10 bits per heavy atom. The number of carbonyl (C=O) groups is 1. The largest absolute Gasteiger partial charge is 0.389 e. The minimum Gasteiger partial charge on any atom is -0.389 e. The van der Waals surface area contributed by atoms with Gasteiger partial charge < -0.3 is 5.11 Å². The van der Waals surface area contributed by atoms with Gasteiger partial charge in [-0.2, -0.15) is 0 Å². The molecule has 0 radical (unpaired) electrons. The van der Waals surface area contributed by atoms with Crippen molar-refractivity contribution < 1.29 is 9.90 Å². The van der Waals surface area contributed by atoms with Crippen molar-refractivity contribution in [1.82, 2.24) is 0 Å². The van der Waals surface area contributed by atoms with Gasteiger partial charge in [0.1, 0.15) is 5.78 Å². The number of allylic oxidation sites excluding steroid dienone is 3. The molecule has 5 unspecified atom stereocenters. The molecule has 0 amide bonds. The third kappa shape index (κ3) is 1.64. The molecule has 0 bridgehead atoms. The normalized spacial score (nSPS) is 50.2. The highest BCUT2D eigenvalue weighted by Gasteiger charge is 2.55. The van der Waals surface area contributed by atoms with Gasteiger partial charge in [-0.05, 0) is 61.3 Å². The first kappa shape index (κ1) is 12.8. The van der Waals surface area contributed by atoms with E-state index in [1.165, 1.54) is 12.0 Å². The lowest BCUT2D eigenvalue weighted by atomic mass is 9.54. The van der Waals surface area contributed by atoms with Crippen molar-refractivity contribution in [2.75, 3.05) is 0 Å². The third-order valence-corrected chi connectivity index (χ3v) is 6.71. The summed E-state index contributed by atoms with van der Waals surface area (Å²) in [4.78, 5) is 12.3. The molecular formula is C18H24O2. The fourth-order valence-electron chi connectivity index (χ4n) is 5.55. The highest BCUT2D eigenvalue weighted by Crippen LogP contribution is 2.58. The van der Waals surface area contributed by atoms with Crippen LogP contribution in [-0.2, 0) is 4.79 Å². The van der Waals surface area contributed by atoms with Crippen LogP contribution in [0.3, 0.4) is 0 Å². The van der Waals surface area contributed by atoms with Gasteiger partial charge in [-0.1, -0.05) is 25.2 Å². The average Bonchev–Trinajstić information content (AvgIpc) is 2.74. The van der Waals surface area contributed by atoms with Crippen molar-refractivity contribution in [2.45, 2.75) is 51.6 Å². The first-order chi connectivity index (χ1) is 9.59. The molecule has 4 rings (SSSR count). The summed E-state index contributed by atoms with van der Waals surface area (Å²) in [6.07, 6.45) is 12.6. The van der Waals surface area contributed by atoms with Crippen molar-refractivity contribution in [2.24, 2.45) is 29.1 Å². The van der Waals surface area contributed by atoms with E-state index in [9.17, 15) is 9.90 Å². The van der Waals surface area contributed by atoms with E-state index in [1.54, 1.807) is 0 Å². The molecule has 0 aliphatic heterocycles. The zero-order valence-corrected chi connectivity index (χ0v) is 12.2. The third-order valence-electron chi connectivity index (χ3n) is 6.71. The Kier molecular flexibility index (Phi) is 2.76. The summed E-state index contributed by atoms with van der Waals surface area (Å²) in [6, 6.07) is 0. The summed E-state index contributed by atoms with van der Waals surface area (Å²) < 4.78 is 0. The maximum Gasteiger partial charge on any atom is 0.139 e. The molecule has 0 aromatic rings. The Balaban J connectivity index is 1.69. The number of aliphatic hydroxyl groups excluding tert-OH is 1. The van der Waals surface area contributed by atoms with E-state index >= 15 is 0 Å². The zero-order valence-electron chi connectivity index (χ0n) is 12.2. The van der Waals surface area contributed by atoms with Gasteiger partial charge in [0.15, 0.2) is 0 Å². The van der Waals surface area contributed by atoms with Gasteiger partial charge in [-0.15, -0.1) is 0 Å². The number of fused-ring (bicyclic) bond motifs is 5. The Hall–Kier alpha value is -0.890. The predicted octanol–water partition coefficient (Wildman–Crippen LogP) is 3.27. The molecule has 4 aliphatic rings. The summed E-state index contributed by atoms with van der Waals surface area (Å²) in [5.74, 6) is 3.02. The Labute approximate surface area is 120 Å². The Bertz CT molecular complexity index is 504. The highest BCUT2D eigenvalue weighted by molar-refractivity contribution is 5.87. The lowest BCUT2D eigenvalue weighted by Crippen LogP contribution is -2.45. The van der Waals surface area contributed by atoms with Crippen LogP contribution in [0.4, 0.5) is 0 Å². The van der Waals surface area contributed by atoms with Crippen molar-refractivity contribution in [3.63, 3.8) is 0 Å². The molecule has 0 saturated heterocycles. The van der Waals surface area contributed by atoms with Gasteiger partial charge in [0, 0.05) is 11.8 Å². The second-order valence-corrected chi connectivity index (χ2v) is 7.54. The first-order valence-corrected chi connectivity index (χ1v) is 8.21. The van der Waals surface area contributed by atoms with E-state index in [0.717, 1.165) is 32.1 Å². The zero-order chi connectivity index (χ0) is 13.9. The molecule has 2 fully saturated rings. The van der Waals surface area contributed by atoms with Gasteiger partial charge >= 0.3 is 0 Å². The highest BCUT2D eigenvalue weighted by atomic mass is 16.3. The molecule has 2 heteroatoms. The van der Waals surface area contributed by atoms with E-state index in [1.807, 2.05) is 0 Å². The van der Waals surface area contributed by atoms with Gasteiger partial charge in [-0.3, -0.25) is 4.79 Å². The van der Waals surface area contributed by atoms with E-state index in [2.05, 4.69) is 25.2 Å². The van der Waals surface area contributed by atoms with Crippen LogP contribution in [0.1, 0.15) is 45.4 Å². The molecule has 0 spiro atoms. The maximum absolute atomic E-state index is 12.3.